The van der Waals surface area contributed by atoms with Crippen molar-refractivity contribution in [3.05, 3.63) is 26.4 Å². The van der Waals surface area contributed by atoms with Gasteiger partial charge in [0.2, 0.25) is 0 Å². The molecule has 0 fully saturated rings. The third-order valence-electron chi connectivity index (χ3n) is 1.34. The summed E-state index contributed by atoms with van der Waals surface area (Å²) in [5, 5.41) is 8.54. The minimum Gasteiger partial charge on any atom is -0.247 e. The van der Waals surface area contributed by atoms with E-state index in [1.807, 2.05) is 0 Å². The molecular formula is C7H2Br2F2N2. The fourth-order valence-electron chi connectivity index (χ4n) is 0.747. The molecule has 1 aromatic heterocycles. The summed E-state index contributed by atoms with van der Waals surface area (Å²) in [7, 11) is 0. The lowest BCUT2D eigenvalue weighted by Gasteiger charge is -2.05. The lowest BCUT2D eigenvalue weighted by Crippen LogP contribution is -1.94. The van der Waals surface area contributed by atoms with Crippen LogP contribution in [0.4, 0.5) is 8.78 Å². The third-order valence-corrected chi connectivity index (χ3v) is 2.83. The van der Waals surface area contributed by atoms with Gasteiger partial charge in [0.1, 0.15) is 10.7 Å². The van der Waals surface area contributed by atoms with E-state index in [9.17, 15) is 8.78 Å². The van der Waals surface area contributed by atoms with Gasteiger partial charge in [-0.2, -0.15) is 5.26 Å². The summed E-state index contributed by atoms with van der Waals surface area (Å²) >= 11 is 5.80. The molecule has 0 saturated carbocycles. The predicted octanol–water partition coefficient (Wildman–Crippen LogP) is 3.42. The van der Waals surface area contributed by atoms with E-state index in [1.54, 1.807) is 6.07 Å². The highest BCUT2D eigenvalue weighted by atomic mass is 79.9. The first-order valence-corrected chi connectivity index (χ1v) is 4.68. The molecule has 0 aliphatic heterocycles. The first-order chi connectivity index (χ1) is 6.07. The summed E-state index contributed by atoms with van der Waals surface area (Å²) in [6.07, 6.45) is -1.44. The molecule has 1 aromatic rings. The van der Waals surface area contributed by atoms with Gasteiger partial charge in [-0.05, 0) is 31.9 Å². The molecule has 1 heterocycles. The highest BCUT2D eigenvalue weighted by Gasteiger charge is 2.19. The Labute approximate surface area is 89.8 Å². The van der Waals surface area contributed by atoms with Crippen LogP contribution in [0.1, 0.15) is 17.6 Å². The number of rotatable bonds is 1. The van der Waals surface area contributed by atoms with Crippen LogP contribution >= 0.6 is 31.9 Å². The van der Waals surface area contributed by atoms with Gasteiger partial charge in [0, 0.05) is 10.7 Å². The second-order valence-corrected chi connectivity index (χ2v) is 3.65. The Morgan fingerprint density at radius 2 is 2.08 bits per heavy atom. The number of alkyl halides is 2. The Kier molecular flexibility index (Phi) is 3.33. The summed E-state index contributed by atoms with van der Waals surface area (Å²) in [6, 6.07) is 1.75. The smallest absolute Gasteiger partial charge is 0.247 e. The normalized spacial score (nSPS) is 10.2. The zero-order valence-corrected chi connectivity index (χ0v) is 9.23. The van der Waals surface area contributed by atoms with Gasteiger partial charge in [-0.1, -0.05) is 0 Å². The minimum atomic E-state index is -2.66. The van der Waals surface area contributed by atoms with E-state index in [4.69, 9.17) is 5.26 Å². The molecule has 0 aromatic carbocycles. The molecule has 1 rings (SSSR count). The van der Waals surface area contributed by atoms with Crippen LogP contribution in [0.15, 0.2) is 15.3 Å². The van der Waals surface area contributed by atoms with Crippen molar-refractivity contribution in [2.75, 3.05) is 0 Å². The molecule has 68 valence electrons. The summed E-state index contributed by atoms with van der Waals surface area (Å²) in [5.41, 5.74) is -0.197. The van der Waals surface area contributed by atoms with E-state index in [-0.39, 0.29) is 20.2 Å². The number of halogens is 4. The Hall–Kier alpha value is -0.540. The molecule has 0 aliphatic rings. The Balaban J connectivity index is 3.41. The standard InChI is InChI=1S/C7H2Br2F2N2/c8-5-3(1-12)2-13-6(9)4(5)7(10)11/h2,7H. The van der Waals surface area contributed by atoms with E-state index in [0.717, 1.165) is 0 Å². The monoisotopic (exact) mass is 310 g/mol. The largest absolute Gasteiger partial charge is 0.267 e. The van der Waals surface area contributed by atoms with Crippen molar-refractivity contribution in [2.45, 2.75) is 6.43 Å². The topological polar surface area (TPSA) is 36.7 Å². The maximum Gasteiger partial charge on any atom is 0.267 e. The van der Waals surface area contributed by atoms with Crippen LogP contribution in [0.2, 0.25) is 0 Å². The van der Waals surface area contributed by atoms with Crippen molar-refractivity contribution in [2.24, 2.45) is 0 Å². The van der Waals surface area contributed by atoms with Crippen LogP contribution in [0, 0.1) is 11.3 Å². The van der Waals surface area contributed by atoms with Crippen molar-refractivity contribution in [1.82, 2.24) is 4.98 Å². The van der Waals surface area contributed by atoms with Gasteiger partial charge in [-0.15, -0.1) is 0 Å². The molecule has 0 saturated heterocycles. The molecule has 0 amide bonds. The molecule has 6 heteroatoms. The second-order valence-electron chi connectivity index (χ2n) is 2.10. The molecule has 0 radical (unpaired) electrons. The molecule has 0 aliphatic carbocycles. The highest BCUT2D eigenvalue weighted by molar-refractivity contribution is 9.11. The van der Waals surface area contributed by atoms with Gasteiger partial charge in [0.05, 0.1) is 11.1 Å². The van der Waals surface area contributed by atoms with Gasteiger partial charge >= 0.3 is 0 Å². The van der Waals surface area contributed by atoms with Gasteiger partial charge in [-0.3, -0.25) is 0 Å². The molecular weight excluding hydrogens is 310 g/mol. The van der Waals surface area contributed by atoms with Crippen LogP contribution in [0.3, 0.4) is 0 Å². The number of nitriles is 1. The molecule has 0 bridgehead atoms. The maximum absolute atomic E-state index is 12.4. The molecule has 0 spiro atoms. The third kappa shape index (κ3) is 2.03. The Bertz CT molecular complexity index is 373. The zero-order valence-electron chi connectivity index (χ0n) is 6.06. The van der Waals surface area contributed by atoms with Gasteiger partial charge < -0.3 is 0 Å². The highest BCUT2D eigenvalue weighted by Crippen LogP contribution is 2.34. The Morgan fingerprint density at radius 1 is 1.46 bits per heavy atom. The van der Waals surface area contributed by atoms with E-state index in [1.165, 1.54) is 6.20 Å². The summed E-state index contributed by atoms with van der Waals surface area (Å²) in [6.45, 7) is 0. The quantitative estimate of drug-likeness (QED) is 0.745. The SMILES string of the molecule is N#Cc1cnc(Br)c(C(F)F)c1Br. The number of hydrogen-bond acceptors (Lipinski definition) is 2. The first kappa shape index (κ1) is 10.5. The van der Waals surface area contributed by atoms with Crippen LogP contribution in [-0.4, -0.2) is 4.98 Å². The van der Waals surface area contributed by atoms with Crippen molar-refractivity contribution in [3.63, 3.8) is 0 Å². The zero-order chi connectivity index (χ0) is 10.0. The van der Waals surface area contributed by atoms with E-state index >= 15 is 0 Å². The van der Waals surface area contributed by atoms with Crippen molar-refractivity contribution in [3.8, 4) is 6.07 Å². The van der Waals surface area contributed by atoms with Crippen LogP contribution in [0.5, 0.6) is 0 Å². The average Bonchev–Trinajstić information content (AvgIpc) is 2.04. The van der Waals surface area contributed by atoms with Crippen LogP contribution < -0.4 is 0 Å². The molecule has 2 nitrogen and oxygen atoms in total. The van der Waals surface area contributed by atoms with Gasteiger partial charge in [0.15, 0.2) is 0 Å². The maximum atomic E-state index is 12.4. The number of hydrogen-bond donors (Lipinski definition) is 0. The Morgan fingerprint density at radius 3 is 2.54 bits per heavy atom. The minimum absolute atomic E-state index is 0.0494. The van der Waals surface area contributed by atoms with E-state index in [2.05, 4.69) is 36.8 Å². The van der Waals surface area contributed by atoms with Crippen LogP contribution in [-0.2, 0) is 0 Å². The van der Waals surface area contributed by atoms with E-state index in [0.29, 0.717) is 0 Å². The van der Waals surface area contributed by atoms with Crippen molar-refractivity contribution >= 4 is 31.9 Å². The molecule has 0 unspecified atom stereocenters. The summed E-state index contributed by atoms with van der Waals surface area (Å²) in [4.78, 5) is 3.62. The number of aromatic nitrogens is 1. The lowest BCUT2D eigenvalue weighted by atomic mass is 10.2. The predicted molar refractivity (Wildman–Crippen MR) is 49.3 cm³/mol. The fraction of sp³-hybridized carbons (Fsp3) is 0.143. The molecule has 0 atom stereocenters. The summed E-state index contributed by atoms with van der Waals surface area (Å²) in [5.74, 6) is 0. The lowest BCUT2D eigenvalue weighted by molar-refractivity contribution is 0.149. The average molecular weight is 312 g/mol. The number of nitrogens with zero attached hydrogens (tertiary/aromatic N) is 2. The fourth-order valence-corrected chi connectivity index (χ4v) is 2.04. The second kappa shape index (κ2) is 4.11. The molecule has 13 heavy (non-hydrogen) atoms. The number of pyridine rings is 1. The van der Waals surface area contributed by atoms with Crippen molar-refractivity contribution < 1.29 is 8.78 Å². The van der Waals surface area contributed by atoms with Crippen molar-refractivity contribution in [1.29, 1.82) is 5.26 Å². The van der Waals surface area contributed by atoms with E-state index < -0.39 is 6.43 Å². The van der Waals surface area contributed by atoms with Gasteiger partial charge in [0.25, 0.3) is 6.43 Å². The first-order valence-electron chi connectivity index (χ1n) is 3.10. The van der Waals surface area contributed by atoms with Crippen LogP contribution in [0.25, 0.3) is 0 Å². The summed E-state index contributed by atoms with van der Waals surface area (Å²) < 4.78 is 24.9. The molecule has 0 N–H and O–H groups in total. The van der Waals surface area contributed by atoms with Gasteiger partial charge in [-0.25, -0.2) is 13.8 Å².